The second-order valence-corrected chi connectivity index (χ2v) is 8.65. The van der Waals surface area contributed by atoms with E-state index < -0.39 is 0 Å². The minimum atomic E-state index is 0.346. The number of anilines is 1. The molecule has 1 fully saturated rings. The molecule has 2 rings (SSSR count). The van der Waals surface area contributed by atoms with E-state index in [2.05, 4.69) is 76.9 Å². The molecule has 1 aromatic carbocycles. The molecule has 112 valence electrons. The molecule has 0 bridgehead atoms. The Morgan fingerprint density at radius 3 is 2.85 bits per heavy atom. The maximum absolute atomic E-state index is 3.75. The van der Waals surface area contributed by atoms with E-state index in [1.165, 1.54) is 27.9 Å². The third-order valence-corrected chi connectivity index (χ3v) is 5.47. The second-order valence-electron chi connectivity index (χ2n) is 5.99. The third-order valence-electron chi connectivity index (χ3n) is 3.53. The largest absolute Gasteiger partial charge is 0.368 e. The lowest BCUT2D eigenvalue weighted by atomic mass is 10.1. The molecule has 1 aliphatic rings. The smallest absolute Gasteiger partial charge is 0.0511 e. The fourth-order valence-corrected chi connectivity index (χ4v) is 4.34. The van der Waals surface area contributed by atoms with Gasteiger partial charge in [0.05, 0.1) is 5.69 Å². The van der Waals surface area contributed by atoms with Gasteiger partial charge in [0.2, 0.25) is 0 Å². The van der Waals surface area contributed by atoms with E-state index in [0.717, 1.165) is 26.2 Å². The van der Waals surface area contributed by atoms with Crippen LogP contribution in [0.3, 0.4) is 0 Å². The van der Waals surface area contributed by atoms with Crippen molar-refractivity contribution in [3.63, 3.8) is 0 Å². The first-order valence-electron chi connectivity index (χ1n) is 7.40. The van der Waals surface area contributed by atoms with Crippen LogP contribution in [-0.4, -0.2) is 30.1 Å². The van der Waals surface area contributed by atoms with Gasteiger partial charge in [-0.05, 0) is 60.4 Å². The molecule has 0 amide bonds. The number of halogens is 1. The van der Waals surface area contributed by atoms with Gasteiger partial charge in [0.15, 0.2) is 0 Å². The van der Waals surface area contributed by atoms with Crippen LogP contribution in [0.25, 0.3) is 0 Å². The van der Waals surface area contributed by atoms with Crippen LogP contribution in [0.2, 0.25) is 0 Å². The summed E-state index contributed by atoms with van der Waals surface area (Å²) < 4.78 is 1.56. The Morgan fingerprint density at radius 2 is 2.20 bits per heavy atom. The Morgan fingerprint density at radius 1 is 1.40 bits per heavy atom. The number of rotatable bonds is 5. The molecule has 0 radical (unpaired) electrons. The Balaban J connectivity index is 2.05. The number of nitrogens with one attached hydrogen (secondary N) is 1. The van der Waals surface area contributed by atoms with Crippen LogP contribution >= 0.6 is 27.7 Å². The summed E-state index contributed by atoms with van der Waals surface area (Å²) >= 11 is 5.83. The van der Waals surface area contributed by atoms with Crippen LogP contribution < -0.4 is 10.2 Å². The molecule has 1 heterocycles. The molecule has 1 saturated heterocycles. The van der Waals surface area contributed by atoms with Gasteiger partial charge in [-0.2, -0.15) is 11.8 Å². The third kappa shape index (κ3) is 4.40. The first-order valence-corrected chi connectivity index (χ1v) is 9.18. The molecule has 2 nitrogen and oxygen atoms in total. The first-order chi connectivity index (χ1) is 9.52. The van der Waals surface area contributed by atoms with Crippen LogP contribution in [0.5, 0.6) is 0 Å². The Bertz CT molecular complexity index is 448. The highest BCUT2D eigenvalue weighted by Crippen LogP contribution is 2.35. The number of hydrogen-bond donors (Lipinski definition) is 1. The van der Waals surface area contributed by atoms with E-state index in [9.17, 15) is 0 Å². The van der Waals surface area contributed by atoms with Crippen molar-refractivity contribution in [2.24, 2.45) is 0 Å². The van der Waals surface area contributed by atoms with Gasteiger partial charge < -0.3 is 10.2 Å². The highest BCUT2D eigenvalue weighted by Gasteiger charge is 2.27. The normalized spacial score (nSPS) is 18.3. The van der Waals surface area contributed by atoms with Crippen molar-refractivity contribution in [1.82, 2.24) is 5.32 Å². The topological polar surface area (TPSA) is 15.3 Å². The van der Waals surface area contributed by atoms with Crippen LogP contribution in [-0.2, 0) is 6.54 Å². The quantitative estimate of drug-likeness (QED) is 0.792. The van der Waals surface area contributed by atoms with Gasteiger partial charge in [-0.25, -0.2) is 0 Å². The van der Waals surface area contributed by atoms with E-state index in [-0.39, 0.29) is 0 Å². The van der Waals surface area contributed by atoms with Crippen molar-refractivity contribution in [2.75, 3.05) is 30.3 Å². The molecule has 4 heteroatoms. The average Bonchev–Trinajstić information content (AvgIpc) is 2.38. The minimum absolute atomic E-state index is 0.346. The fourth-order valence-electron chi connectivity index (χ4n) is 2.55. The Kier molecular flexibility index (Phi) is 5.82. The zero-order valence-corrected chi connectivity index (χ0v) is 15.1. The summed E-state index contributed by atoms with van der Waals surface area (Å²) in [5.41, 5.74) is 2.68. The van der Waals surface area contributed by atoms with Crippen LogP contribution in [0.15, 0.2) is 22.7 Å². The average molecular weight is 357 g/mol. The molecule has 0 aliphatic carbocycles. The van der Waals surface area contributed by atoms with Gasteiger partial charge in [0, 0.05) is 34.6 Å². The SMILES string of the molecule is CCCNCc1ccc(N2CCSC(C)(C)C2)c(Br)c1. The summed E-state index contributed by atoms with van der Waals surface area (Å²) in [7, 11) is 0. The Labute approximate surface area is 135 Å². The van der Waals surface area contributed by atoms with Crippen molar-refractivity contribution in [1.29, 1.82) is 0 Å². The zero-order valence-electron chi connectivity index (χ0n) is 12.7. The predicted octanol–water partition coefficient (Wildman–Crippen LogP) is 4.28. The lowest BCUT2D eigenvalue weighted by Crippen LogP contribution is -2.43. The van der Waals surface area contributed by atoms with Gasteiger partial charge in [-0.1, -0.05) is 13.0 Å². The molecule has 1 aromatic rings. The van der Waals surface area contributed by atoms with E-state index in [1.54, 1.807) is 0 Å². The number of nitrogens with zero attached hydrogens (tertiary/aromatic N) is 1. The zero-order chi connectivity index (χ0) is 14.6. The molecule has 0 spiro atoms. The fraction of sp³-hybridized carbons (Fsp3) is 0.625. The van der Waals surface area contributed by atoms with Gasteiger partial charge in [0.1, 0.15) is 0 Å². The van der Waals surface area contributed by atoms with Crippen molar-refractivity contribution in [3.8, 4) is 0 Å². The van der Waals surface area contributed by atoms with E-state index in [4.69, 9.17) is 0 Å². The molecule has 0 atom stereocenters. The van der Waals surface area contributed by atoms with Crippen molar-refractivity contribution < 1.29 is 0 Å². The summed E-state index contributed by atoms with van der Waals surface area (Å²) in [5.74, 6) is 1.21. The molecule has 0 aromatic heterocycles. The van der Waals surface area contributed by atoms with E-state index >= 15 is 0 Å². The number of benzene rings is 1. The monoisotopic (exact) mass is 356 g/mol. The van der Waals surface area contributed by atoms with Crippen LogP contribution in [0, 0.1) is 0 Å². The second kappa shape index (κ2) is 7.19. The maximum Gasteiger partial charge on any atom is 0.0511 e. The standard InChI is InChI=1S/C16H25BrN2S/c1-4-7-18-11-13-5-6-15(14(17)10-13)19-8-9-20-16(2,3)12-19/h5-6,10,18H,4,7-9,11-12H2,1-3H3. The van der Waals surface area contributed by atoms with Crippen molar-refractivity contribution >= 4 is 33.4 Å². The molecule has 0 saturated carbocycles. The van der Waals surface area contributed by atoms with Crippen molar-refractivity contribution in [2.45, 2.75) is 38.5 Å². The van der Waals surface area contributed by atoms with Gasteiger partial charge in [0.25, 0.3) is 0 Å². The molecule has 1 N–H and O–H groups in total. The van der Waals surface area contributed by atoms with Gasteiger partial charge >= 0.3 is 0 Å². The highest BCUT2D eigenvalue weighted by molar-refractivity contribution is 9.10. The van der Waals surface area contributed by atoms with Crippen LogP contribution in [0.1, 0.15) is 32.8 Å². The molecule has 1 aliphatic heterocycles. The Hall–Kier alpha value is -0.190. The molecular formula is C16H25BrN2S. The minimum Gasteiger partial charge on any atom is -0.368 e. The lowest BCUT2D eigenvalue weighted by molar-refractivity contribution is 0.646. The predicted molar refractivity (Wildman–Crippen MR) is 94.9 cm³/mol. The van der Waals surface area contributed by atoms with Gasteiger partial charge in [-0.3, -0.25) is 0 Å². The summed E-state index contributed by atoms with van der Waals surface area (Å²) in [4.78, 5) is 2.50. The van der Waals surface area contributed by atoms with Gasteiger partial charge in [-0.15, -0.1) is 0 Å². The number of hydrogen-bond acceptors (Lipinski definition) is 3. The number of thioether (sulfide) groups is 1. The highest BCUT2D eigenvalue weighted by atomic mass is 79.9. The lowest BCUT2D eigenvalue weighted by Gasteiger charge is -2.39. The first kappa shape index (κ1) is 16.2. The summed E-state index contributed by atoms with van der Waals surface area (Å²) in [6, 6.07) is 6.77. The van der Waals surface area contributed by atoms with E-state index in [1.807, 2.05) is 0 Å². The van der Waals surface area contributed by atoms with E-state index in [0.29, 0.717) is 4.75 Å². The summed E-state index contributed by atoms with van der Waals surface area (Å²) in [6.07, 6.45) is 1.18. The molecule has 20 heavy (non-hydrogen) atoms. The molecule has 0 unspecified atom stereocenters. The summed E-state index contributed by atoms with van der Waals surface area (Å²) in [5, 5.41) is 3.45. The molecular weight excluding hydrogens is 332 g/mol. The van der Waals surface area contributed by atoms with Crippen LogP contribution in [0.4, 0.5) is 5.69 Å². The van der Waals surface area contributed by atoms with Crippen molar-refractivity contribution in [3.05, 3.63) is 28.2 Å². The maximum atomic E-state index is 3.75. The summed E-state index contributed by atoms with van der Waals surface area (Å²) in [6.45, 7) is 11.2.